The van der Waals surface area contributed by atoms with Gasteiger partial charge in [0.15, 0.2) is 5.17 Å². The zero-order chi connectivity index (χ0) is 12.1. The Balaban J connectivity index is 3.14. The molecule has 0 heterocycles. The van der Waals surface area contributed by atoms with Gasteiger partial charge in [-0.2, -0.15) is 4.99 Å². The van der Waals surface area contributed by atoms with Crippen LogP contribution in [0, 0.1) is 10.1 Å². The van der Waals surface area contributed by atoms with Crippen molar-refractivity contribution in [1.82, 2.24) is 0 Å². The summed E-state index contributed by atoms with van der Waals surface area (Å²) < 4.78 is 0. The summed E-state index contributed by atoms with van der Waals surface area (Å²) in [6, 6.07) is 5.61. The molecule has 0 unspecified atom stereocenters. The highest BCUT2D eigenvalue weighted by molar-refractivity contribution is 8.13. The molecule has 0 saturated carbocycles. The van der Waals surface area contributed by atoms with Gasteiger partial charge in [-0.1, -0.05) is 23.9 Å². The molecular formula is C9H9N3O3S. The van der Waals surface area contributed by atoms with Gasteiger partial charge in [-0.05, 0) is 12.3 Å². The number of thioether (sulfide) groups is 1. The molecule has 7 heteroatoms. The second-order valence-corrected chi connectivity index (χ2v) is 3.56. The molecule has 0 aliphatic heterocycles. The van der Waals surface area contributed by atoms with Gasteiger partial charge in [-0.15, -0.1) is 0 Å². The van der Waals surface area contributed by atoms with Gasteiger partial charge in [0, 0.05) is 6.07 Å². The van der Waals surface area contributed by atoms with E-state index in [4.69, 9.17) is 5.73 Å². The molecule has 6 nitrogen and oxygen atoms in total. The molecule has 0 fully saturated rings. The molecule has 2 N–H and O–H groups in total. The number of nitrogens with zero attached hydrogens (tertiary/aromatic N) is 2. The number of hydrogen-bond acceptors (Lipinski definition) is 4. The summed E-state index contributed by atoms with van der Waals surface area (Å²) in [5.74, 6) is -0.709. The van der Waals surface area contributed by atoms with Gasteiger partial charge >= 0.3 is 0 Å². The van der Waals surface area contributed by atoms with Crippen LogP contribution in [0.3, 0.4) is 0 Å². The number of hydrogen-bond donors (Lipinski definition) is 1. The number of benzene rings is 1. The average Bonchev–Trinajstić information content (AvgIpc) is 2.28. The van der Waals surface area contributed by atoms with Gasteiger partial charge in [0.2, 0.25) is 0 Å². The summed E-state index contributed by atoms with van der Waals surface area (Å²) in [7, 11) is 0. The van der Waals surface area contributed by atoms with E-state index in [1.54, 1.807) is 6.26 Å². The predicted octanol–water partition coefficient (Wildman–Crippen LogP) is 1.41. The van der Waals surface area contributed by atoms with Gasteiger partial charge in [0.05, 0.1) is 4.92 Å². The summed E-state index contributed by atoms with van der Waals surface area (Å²) >= 11 is 1.10. The Morgan fingerprint density at radius 1 is 1.50 bits per heavy atom. The summed E-state index contributed by atoms with van der Waals surface area (Å²) in [6.07, 6.45) is 1.66. The number of carbonyl (C=O) groups is 1. The molecule has 0 aliphatic rings. The van der Waals surface area contributed by atoms with E-state index in [0.717, 1.165) is 11.8 Å². The van der Waals surface area contributed by atoms with E-state index in [2.05, 4.69) is 4.99 Å². The number of nitrogens with two attached hydrogens (primary N) is 1. The van der Waals surface area contributed by atoms with Crippen LogP contribution in [-0.4, -0.2) is 22.3 Å². The van der Waals surface area contributed by atoms with Crippen molar-refractivity contribution in [2.75, 3.05) is 6.26 Å². The third-order valence-electron chi connectivity index (χ3n) is 1.75. The zero-order valence-corrected chi connectivity index (χ0v) is 9.23. The quantitative estimate of drug-likeness (QED) is 0.364. The lowest BCUT2D eigenvalue weighted by atomic mass is 10.2. The van der Waals surface area contributed by atoms with Crippen LogP contribution >= 0.6 is 11.8 Å². The highest BCUT2D eigenvalue weighted by atomic mass is 32.2. The molecule has 1 aromatic carbocycles. The van der Waals surface area contributed by atoms with E-state index in [-0.39, 0.29) is 16.4 Å². The SMILES string of the molecule is CSC(N)=NC(=O)c1ccccc1[N+](=O)[O-]. The number of nitro benzene ring substituents is 1. The predicted molar refractivity (Wildman–Crippen MR) is 62.6 cm³/mol. The number of amidine groups is 1. The highest BCUT2D eigenvalue weighted by Gasteiger charge is 2.18. The van der Waals surface area contributed by atoms with E-state index in [1.165, 1.54) is 24.3 Å². The van der Waals surface area contributed by atoms with Gasteiger partial charge in [-0.25, -0.2) is 0 Å². The fraction of sp³-hybridized carbons (Fsp3) is 0.111. The van der Waals surface area contributed by atoms with Crippen LogP contribution in [-0.2, 0) is 0 Å². The molecule has 0 aromatic heterocycles. The summed E-state index contributed by atoms with van der Waals surface area (Å²) in [4.78, 5) is 25.1. The van der Waals surface area contributed by atoms with Crippen molar-refractivity contribution >= 4 is 28.5 Å². The van der Waals surface area contributed by atoms with Crippen LogP contribution in [0.5, 0.6) is 0 Å². The molecular weight excluding hydrogens is 230 g/mol. The van der Waals surface area contributed by atoms with E-state index in [9.17, 15) is 14.9 Å². The zero-order valence-electron chi connectivity index (χ0n) is 8.41. The summed E-state index contributed by atoms with van der Waals surface area (Å²) in [5, 5.41) is 10.7. The maximum absolute atomic E-state index is 11.6. The van der Waals surface area contributed by atoms with Crippen molar-refractivity contribution in [2.24, 2.45) is 10.7 Å². The third-order valence-corrected chi connectivity index (χ3v) is 2.26. The van der Waals surface area contributed by atoms with Crippen molar-refractivity contribution in [3.05, 3.63) is 39.9 Å². The first-order chi connectivity index (χ1) is 7.56. The standard InChI is InChI=1S/C9H9N3O3S/c1-16-9(10)11-8(13)6-4-2-3-5-7(6)12(14)15/h2-5H,1H3,(H2,10,11,13). The third kappa shape index (κ3) is 2.80. The lowest BCUT2D eigenvalue weighted by molar-refractivity contribution is -0.385. The molecule has 1 amide bonds. The first-order valence-electron chi connectivity index (χ1n) is 4.22. The van der Waals surface area contributed by atoms with Crippen molar-refractivity contribution in [3.63, 3.8) is 0 Å². The van der Waals surface area contributed by atoms with Crippen molar-refractivity contribution in [3.8, 4) is 0 Å². The van der Waals surface area contributed by atoms with Crippen molar-refractivity contribution in [1.29, 1.82) is 0 Å². The molecule has 0 atom stereocenters. The van der Waals surface area contributed by atoms with Gasteiger partial charge in [0.1, 0.15) is 5.56 Å². The summed E-state index contributed by atoms with van der Waals surface area (Å²) in [6.45, 7) is 0. The molecule has 1 rings (SSSR count). The van der Waals surface area contributed by atoms with E-state index in [1.807, 2.05) is 0 Å². The molecule has 0 saturated heterocycles. The fourth-order valence-electron chi connectivity index (χ4n) is 1.02. The minimum atomic E-state index is -0.709. The minimum Gasteiger partial charge on any atom is -0.378 e. The van der Waals surface area contributed by atoms with Crippen LogP contribution in [0.4, 0.5) is 5.69 Å². The molecule has 16 heavy (non-hydrogen) atoms. The molecule has 0 spiro atoms. The Labute approximate surface area is 95.7 Å². The van der Waals surface area contributed by atoms with E-state index in [0.29, 0.717) is 0 Å². The Morgan fingerprint density at radius 3 is 2.69 bits per heavy atom. The highest BCUT2D eigenvalue weighted by Crippen LogP contribution is 2.18. The molecule has 0 radical (unpaired) electrons. The monoisotopic (exact) mass is 239 g/mol. The second-order valence-electron chi connectivity index (χ2n) is 2.73. The van der Waals surface area contributed by atoms with Crippen LogP contribution < -0.4 is 5.73 Å². The lowest BCUT2D eigenvalue weighted by Gasteiger charge is -1.98. The first kappa shape index (κ1) is 12.2. The average molecular weight is 239 g/mol. The topological polar surface area (TPSA) is 98.6 Å². The van der Waals surface area contributed by atoms with Crippen LogP contribution in [0.25, 0.3) is 0 Å². The Hall–Kier alpha value is -1.89. The van der Waals surface area contributed by atoms with Gasteiger partial charge < -0.3 is 5.73 Å². The van der Waals surface area contributed by atoms with Gasteiger partial charge in [-0.3, -0.25) is 14.9 Å². The number of para-hydroxylation sites is 1. The van der Waals surface area contributed by atoms with E-state index >= 15 is 0 Å². The Bertz CT molecular complexity index is 459. The number of aliphatic imine (C=N–C) groups is 1. The number of carbonyl (C=O) groups excluding carboxylic acids is 1. The lowest BCUT2D eigenvalue weighted by Crippen LogP contribution is -2.10. The van der Waals surface area contributed by atoms with E-state index < -0.39 is 10.8 Å². The second kappa shape index (κ2) is 5.26. The molecule has 0 bridgehead atoms. The Kier molecular flexibility index (Phi) is 4.01. The normalized spacial score (nSPS) is 11.2. The van der Waals surface area contributed by atoms with Crippen LogP contribution in [0.2, 0.25) is 0 Å². The van der Waals surface area contributed by atoms with Crippen LogP contribution in [0.15, 0.2) is 29.3 Å². The largest absolute Gasteiger partial charge is 0.378 e. The molecule has 84 valence electrons. The molecule has 0 aliphatic carbocycles. The minimum absolute atomic E-state index is 0.0653. The summed E-state index contributed by atoms with van der Waals surface area (Å²) in [5.41, 5.74) is 5.02. The number of rotatable bonds is 2. The van der Waals surface area contributed by atoms with Gasteiger partial charge in [0.25, 0.3) is 11.6 Å². The number of nitro groups is 1. The van der Waals surface area contributed by atoms with Crippen molar-refractivity contribution in [2.45, 2.75) is 0 Å². The first-order valence-corrected chi connectivity index (χ1v) is 5.44. The molecule has 1 aromatic rings. The Morgan fingerprint density at radius 2 is 2.12 bits per heavy atom. The number of amides is 1. The maximum atomic E-state index is 11.6. The fourth-order valence-corrected chi connectivity index (χ4v) is 1.19. The van der Waals surface area contributed by atoms with Crippen molar-refractivity contribution < 1.29 is 9.72 Å². The maximum Gasteiger partial charge on any atom is 0.286 e. The van der Waals surface area contributed by atoms with Crippen LogP contribution in [0.1, 0.15) is 10.4 Å². The smallest absolute Gasteiger partial charge is 0.286 e.